The molecule has 0 N–H and O–H groups in total. The van der Waals surface area contributed by atoms with Crippen LogP contribution in [0.5, 0.6) is 5.75 Å². The zero-order valence-electron chi connectivity index (χ0n) is 15.6. The second kappa shape index (κ2) is 9.39. The van der Waals surface area contributed by atoms with E-state index in [1.165, 1.54) is 0 Å². The molecule has 0 heterocycles. The summed E-state index contributed by atoms with van der Waals surface area (Å²) < 4.78 is 10.8. The first kappa shape index (κ1) is 20.0. The lowest BCUT2D eigenvalue weighted by Crippen LogP contribution is -2.41. The van der Waals surface area contributed by atoms with Crippen LogP contribution in [0.15, 0.2) is 54.6 Å². The molecule has 0 spiro atoms. The second-order valence-corrected chi connectivity index (χ2v) is 5.89. The first-order valence-electron chi connectivity index (χ1n) is 8.70. The number of nitriles is 1. The molecule has 0 fully saturated rings. The van der Waals surface area contributed by atoms with Gasteiger partial charge in [0, 0.05) is 12.2 Å². The van der Waals surface area contributed by atoms with E-state index in [2.05, 4.69) is 0 Å². The van der Waals surface area contributed by atoms with Crippen LogP contribution in [0.3, 0.4) is 0 Å². The average Bonchev–Trinajstić information content (AvgIpc) is 2.69. The van der Waals surface area contributed by atoms with Crippen molar-refractivity contribution in [2.24, 2.45) is 0 Å². The molecule has 1 amide bonds. The normalized spacial score (nSPS) is 12.4. The SMILES string of the molecule is CCN(C(=O)[C@@H](C)OC(=O)[C@H](C)Oc1ccc(C#N)cc1)c1ccccc1. The quantitative estimate of drug-likeness (QED) is 0.703. The van der Waals surface area contributed by atoms with Gasteiger partial charge in [0.2, 0.25) is 0 Å². The number of ether oxygens (including phenoxy) is 2. The molecule has 0 aliphatic rings. The van der Waals surface area contributed by atoms with Crippen molar-refractivity contribution in [3.8, 4) is 11.8 Å². The molecular weight excluding hydrogens is 344 g/mol. The number of para-hydroxylation sites is 1. The Morgan fingerprint density at radius 1 is 1.04 bits per heavy atom. The summed E-state index contributed by atoms with van der Waals surface area (Å²) in [5, 5.41) is 8.80. The third kappa shape index (κ3) is 5.32. The predicted octanol–water partition coefficient (Wildman–Crippen LogP) is 3.31. The summed E-state index contributed by atoms with van der Waals surface area (Å²) in [6.45, 7) is 5.41. The molecule has 0 radical (unpaired) electrons. The van der Waals surface area contributed by atoms with Gasteiger partial charge in [-0.3, -0.25) is 4.79 Å². The van der Waals surface area contributed by atoms with Crippen LogP contribution in [-0.2, 0) is 14.3 Å². The molecule has 0 aliphatic carbocycles. The van der Waals surface area contributed by atoms with E-state index in [-0.39, 0.29) is 5.91 Å². The van der Waals surface area contributed by atoms with Crippen LogP contribution in [0.25, 0.3) is 0 Å². The van der Waals surface area contributed by atoms with E-state index >= 15 is 0 Å². The van der Waals surface area contributed by atoms with Crippen molar-refractivity contribution in [1.82, 2.24) is 0 Å². The van der Waals surface area contributed by atoms with Crippen molar-refractivity contribution < 1.29 is 19.1 Å². The molecule has 27 heavy (non-hydrogen) atoms. The molecule has 2 rings (SSSR count). The number of anilines is 1. The Bertz CT molecular complexity index is 812. The number of nitrogens with zero attached hydrogens (tertiary/aromatic N) is 2. The Labute approximate surface area is 158 Å². The van der Waals surface area contributed by atoms with Gasteiger partial charge in [-0.25, -0.2) is 4.79 Å². The smallest absolute Gasteiger partial charge is 0.347 e. The van der Waals surface area contributed by atoms with E-state index in [0.717, 1.165) is 5.69 Å². The van der Waals surface area contributed by atoms with E-state index in [1.54, 1.807) is 43.0 Å². The van der Waals surface area contributed by atoms with Gasteiger partial charge in [-0.2, -0.15) is 5.26 Å². The number of benzene rings is 2. The van der Waals surface area contributed by atoms with Gasteiger partial charge in [0.15, 0.2) is 12.2 Å². The molecule has 0 bridgehead atoms. The lowest BCUT2D eigenvalue weighted by atomic mass is 10.2. The zero-order chi connectivity index (χ0) is 19.8. The van der Waals surface area contributed by atoms with Crippen molar-refractivity contribution in [1.29, 1.82) is 5.26 Å². The summed E-state index contributed by atoms with van der Waals surface area (Å²) in [6, 6.07) is 17.6. The highest BCUT2D eigenvalue weighted by Crippen LogP contribution is 2.17. The summed E-state index contributed by atoms with van der Waals surface area (Å²) in [6.07, 6.45) is -1.83. The van der Waals surface area contributed by atoms with E-state index in [9.17, 15) is 9.59 Å². The highest BCUT2D eigenvalue weighted by atomic mass is 16.6. The zero-order valence-corrected chi connectivity index (χ0v) is 15.6. The van der Waals surface area contributed by atoms with Gasteiger partial charge in [-0.05, 0) is 57.2 Å². The number of likely N-dealkylation sites (N-methyl/N-ethyl adjacent to an activating group) is 1. The van der Waals surface area contributed by atoms with Crippen molar-refractivity contribution in [3.63, 3.8) is 0 Å². The number of amides is 1. The van der Waals surface area contributed by atoms with Crippen LogP contribution in [0.2, 0.25) is 0 Å². The summed E-state index contributed by atoms with van der Waals surface area (Å²) in [5.74, 6) is -0.496. The lowest BCUT2D eigenvalue weighted by molar-refractivity contribution is -0.160. The van der Waals surface area contributed by atoms with E-state index in [0.29, 0.717) is 17.9 Å². The summed E-state index contributed by atoms with van der Waals surface area (Å²) >= 11 is 0. The Hall–Kier alpha value is -3.33. The van der Waals surface area contributed by atoms with Crippen LogP contribution >= 0.6 is 0 Å². The van der Waals surface area contributed by atoms with Crippen LogP contribution in [0.1, 0.15) is 26.3 Å². The summed E-state index contributed by atoms with van der Waals surface area (Å²) in [5.41, 5.74) is 1.24. The number of hydrogen-bond acceptors (Lipinski definition) is 5. The van der Waals surface area contributed by atoms with Crippen LogP contribution in [0.4, 0.5) is 5.69 Å². The first-order chi connectivity index (χ1) is 13.0. The Kier molecular flexibility index (Phi) is 6.95. The fraction of sp³-hybridized carbons (Fsp3) is 0.286. The molecule has 0 saturated carbocycles. The van der Waals surface area contributed by atoms with E-state index < -0.39 is 18.2 Å². The van der Waals surface area contributed by atoms with Crippen LogP contribution in [-0.4, -0.2) is 30.6 Å². The summed E-state index contributed by atoms with van der Waals surface area (Å²) in [4.78, 5) is 26.5. The Morgan fingerprint density at radius 2 is 1.67 bits per heavy atom. The predicted molar refractivity (Wildman–Crippen MR) is 101 cm³/mol. The molecule has 0 aliphatic heterocycles. The molecule has 0 unspecified atom stereocenters. The minimum Gasteiger partial charge on any atom is -0.479 e. The molecule has 0 aromatic heterocycles. The molecule has 0 saturated heterocycles. The fourth-order valence-corrected chi connectivity index (χ4v) is 2.47. The van der Waals surface area contributed by atoms with Crippen molar-refractivity contribution in [3.05, 3.63) is 60.2 Å². The van der Waals surface area contributed by atoms with Gasteiger partial charge in [0.1, 0.15) is 5.75 Å². The van der Waals surface area contributed by atoms with Gasteiger partial charge in [0.25, 0.3) is 5.91 Å². The minimum absolute atomic E-state index is 0.303. The van der Waals surface area contributed by atoms with Gasteiger partial charge >= 0.3 is 5.97 Å². The molecule has 2 atom stereocenters. The minimum atomic E-state index is -0.940. The maximum Gasteiger partial charge on any atom is 0.347 e. The Morgan fingerprint density at radius 3 is 2.22 bits per heavy atom. The maximum absolute atomic E-state index is 12.6. The molecule has 140 valence electrons. The molecular formula is C21H22N2O4. The van der Waals surface area contributed by atoms with E-state index in [1.807, 2.05) is 43.3 Å². The highest BCUT2D eigenvalue weighted by molar-refractivity contribution is 5.97. The first-order valence-corrected chi connectivity index (χ1v) is 8.70. The second-order valence-electron chi connectivity index (χ2n) is 5.89. The fourth-order valence-electron chi connectivity index (χ4n) is 2.47. The number of carbonyl (C=O) groups excluding carboxylic acids is 2. The number of hydrogen-bond donors (Lipinski definition) is 0. The monoisotopic (exact) mass is 366 g/mol. The molecule has 6 nitrogen and oxygen atoms in total. The number of esters is 1. The van der Waals surface area contributed by atoms with Gasteiger partial charge in [-0.15, -0.1) is 0 Å². The summed E-state index contributed by atoms with van der Waals surface area (Å²) in [7, 11) is 0. The van der Waals surface area contributed by atoms with Crippen molar-refractivity contribution >= 4 is 17.6 Å². The highest BCUT2D eigenvalue weighted by Gasteiger charge is 2.27. The molecule has 2 aromatic rings. The van der Waals surface area contributed by atoms with Crippen LogP contribution < -0.4 is 9.64 Å². The van der Waals surface area contributed by atoms with Crippen LogP contribution in [0, 0.1) is 11.3 Å². The third-order valence-electron chi connectivity index (χ3n) is 3.92. The molecule has 6 heteroatoms. The van der Waals surface area contributed by atoms with Gasteiger partial charge in [-0.1, -0.05) is 18.2 Å². The van der Waals surface area contributed by atoms with Gasteiger partial charge < -0.3 is 14.4 Å². The van der Waals surface area contributed by atoms with Crippen molar-refractivity contribution in [2.45, 2.75) is 33.0 Å². The lowest BCUT2D eigenvalue weighted by Gasteiger charge is -2.25. The topological polar surface area (TPSA) is 79.6 Å². The van der Waals surface area contributed by atoms with Gasteiger partial charge in [0.05, 0.1) is 11.6 Å². The largest absolute Gasteiger partial charge is 0.479 e. The maximum atomic E-state index is 12.6. The standard InChI is InChI=1S/C21H22N2O4/c1-4-23(18-8-6-5-7-9-18)20(24)15(2)27-21(25)16(3)26-19-12-10-17(14-22)11-13-19/h5-13,15-16H,4H2,1-3H3/t15-,16+/m1/s1. The number of rotatable bonds is 7. The van der Waals surface area contributed by atoms with E-state index in [4.69, 9.17) is 14.7 Å². The molecule has 2 aromatic carbocycles. The number of carbonyl (C=O) groups is 2. The third-order valence-corrected chi connectivity index (χ3v) is 3.92. The average molecular weight is 366 g/mol. The van der Waals surface area contributed by atoms with Crippen molar-refractivity contribution in [2.75, 3.05) is 11.4 Å². The Balaban J connectivity index is 1.96.